The van der Waals surface area contributed by atoms with Crippen LogP contribution in [0.1, 0.15) is 59.0 Å². The highest BCUT2D eigenvalue weighted by Gasteiger charge is 2.40. The summed E-state index contributed by atoms with van der Waals surface area (Å²) >= 11 is 5.67. The van der Waals surface area contributed by atoms with E-state index in [-0.39, 0.29) is 41.0 Å². The summed E-state index contributed by atoms with van der Waals surface area (Å²) in [4.78, 5) is 43.8. The number of piperidine rings is 1. The van der Waals surface area contributed by atoms with E-state index in [9.17, 15) is 23.9 Å². The number of ketones is 1. The third-order valence-electron chi connectivity index (χ3n) is 5.90. The maximum Gasteiger partial charge on any atom is 0.278 e. The molecule has 2 aromatic rings. The van der Waals surface area contributed by atoms with Crippen molar-refractivity contribution in [3.05, 3.63) is 56.5 Å². The van der Waals surface area contributed by atoms with E-state index in [1.807, 2.05) is 11.9 Å². The number of pyridine rings is 2. The summed E-state index contributed by atoms with van der Waals surface area (Å²) in [6.07, 6.45) is 4.94. The second kappa shape index (κ2) is 8.30. The number of amides is 1. The van der Waals surface area contributed by atoms with Crippen LogP contribution >= 0.6 is 11.6 Å². The monoisotopic (exact) mass is 448 g/mol. The molecule has 1 N–H and O–H groups in total. The van der Waals surface area contributed by atoms with E-state index >= 15 is 0 Å². The molecule has 4 heterocycles. The highest BCUT2D eigenvalue weighted by molar-refractivity contribution is 6.29. The van der Waals surface area contributed by atoms with Crippen molar-refractivity contribution in [1.82, 2.24) is 14.6 Å². The number of carbonyl (C=O) groups excluding carboxylic acids is 2. The summed E-state index contributed by atoms with van der Waals surface area (Å²) in [6, 6.07) is 1.42. The molecular formula is C21H22ClFN4O4. The fraction of sp³-hybridized carbons (Fsp3) is 0.429. The van der Waals surface area contributed by atoms with Gasteiger partial charge < -0.3 is 10.0 Å². The fourth-order valence-electron chi connectivity index (χ4n) is 4.31. The number of carbonyl (C=O) groups is 2. The van der Waals surface area contributed by atoms with Gasteiger partial charge in [0.25, 0.3) is 5.91 Å². The topological polar surface area (TPSA) is 95.7 Å². The van der Waals surface area contributed by atoms with Crippen LogP contribution in [0.5, 0.6) is 5.75 Å². The minimum atomic E-state index is -0.899. The zero-order valence-corrected chi connectivity index (χ0v) is 17.7. The van der Waals surface area contributed by atoms with Gasteiger partial charge in [-0.25, -0.2) is 9.37 Å². The van der Waals surface area contributed by atoms with Crippen molar-refractivity contribution in [1.29, 1.82) is 0 Å². The molecular weight excluding hydrogens is 427 g/mol. The zero-order valence-electron chi connectivity index (χ0n) is 17.0. The predicted molar refractivity (Wildman–Crippen MR) is 112 cm³/mol. The largest absolute Gasteiger partial charge is 0.502 e. The Bertz CT molecular complexity index is 1120. The molecule has 0 saturated carbocycles. The van der Waals surface area contributed by atoms with E-state index in [0.29, 0.717) is 13.1 Å². The molecule has 31 heavy (non-hydrogen) atoms. The normalized spacial score (nSPS) is 18.0. The first-order valence-electron chi connectivity index (χ1n) is 10.2. The van der Waals surface area contributed by atoms with Gasteiger partial charge >= 0.3 is 0 Å². The number of aryl methyl sites for hydroxylation is 1. The molecule has 0 bridgehead atoms. The van der Waals surface area contributed by atoms with Crippen LogP contribution in [0.25, 0.3) is 0 Å². The summed E-state index contributed by atoms with van der Waals surface area (Å²) in [5, 5.41) is 12.2. The molecule has 0 unspecified atom stereocenters. The second-order valence-electron chi connectivity index (χ2n) is 7.64. The molecule has 10 heteroatoms. The van der Waals surface area contributed by atoms with Crippen molar-refractivity contribution < 1.29 is 19.1 Å². The number of aromatic hydroxyl groups is 1. The van der Waals surface area contributed by atoms with Crippen LogP contribution in [-0.2, 0) is 6.42 Å². The van der Waals surface area contributed by atoms with Crippen molar-refractivity contribution in [3.8, 4) is 5.75 Å². The van der Waals surface area contributed by atoms with E-state index in [0.717, 1.165) is 19.3 Å². The lowest BCUT2D eigenvalue weighted by molar-refractivity contribution is 0.0534. The summed E-state index contributed by atoms with van der Waals surface area (Å²) in [7, 11) is 0. The van der Waals surface area contributed by atoms with Gasteiger partial charge in [0.2, 0.25) is 5.43 Å². The van der Waals surface area contributed by atoms with Crippen molar-refractivity contribution >= 4 is 23.3 Å². The average Bonchev–Trinajstić information content (AvgIpc) is 2.77. The molecule has 1 atom stereocenters. The summed E-state index contributed by atoms with van der Waals surface area (Å²) in [6.45, 7) is 2.91. The number of aromatic nitrogens is 2. The molecule has 0 radical (unpaired) electrons. The molecule has 1 saturated heterocycles. The Morgan fingerprint density at radius 2 is 2.13 bits per heavy atom. The molecule has 2 aliphatic heterocycles. The molecule has 1 amide bonds. The van der Waals surface area contributed by atoms with E-state index in [4.69, 9.17) is 11.6 Å². The van der Waals surface area contributed by atoms with Crippen LogP contribution in [0.3, 0.4) is 0 Å². The standard InChI is InChI=1S/C21H22ClFN4O4/c1-2-25-15-5-3-4-10-26(15)27-11-13(18(29)19(30)17(27)21(25)31)14(28)7-6-12-8-9-24-20(22)16(12)23/h8-9,11,15,30H,2-7,10H2,1H3/t15-/m0/s1. The average molecular weight is 449 g/mol. The van der Waals surface area contributed by atoms with Crippen LogP contribution in [0, 0.1) is 5.82 Å². The molecule has 164 valence electrons. The molecule has 0 aromatic carbocycles. The van der Waals surface area contributed by atoms with Gasteiger partial charge in [-0.1, -0.05) is 11.6 Å². The van der Waals surface area contributed by atoms with Gasteiger partial charge in [0.05, 0.1) is 5.56 Å². The Labute approximate surface area is 182 Å². The lowest BCUT2D eigenvalue weighted by Crippen LogP contribution is -2.63. The van der Waals surface area contributed by atoms with Crippen LogP contribution in [0.15, 0.2) is 23.3 Å². The number of hydrogen-bond donors (Lipinski definition) is 1. The number of rotatable bonds is 5. The number of Topliss-reactive ketones (excluding diaryl/α,β-unsaturated/α-hetero) is 1. The highest BCUT2D eigenvalue weighted by Crippen LogP contribution is 2.29. The van der Waals surface area contributed by atoms with Crippen molar-refractivity contribution in [2.45, 2.75) is 45.2 Å². The fourth-order valence-corrected chi connectivity index (χ4v) is 4.49. The number of fused-ring (bicyclic) bond motifs is 3. The molecule has 8 nitrogen and oxygen atoms in total. The van der Waals surface area contributed by atoms with Crippen molar-refractivity contribution in [3.63, 3.8) is 0 Å². The van der Waals surface area contributed by atoms with Gasteiger partial charge in [-0.3, -0.25) is 24.1 Å². The molecule has 1 fully saturated rings. The number of halogens is 2. The Morgan fingerprint density at radius 1 is 1.35 bits per heavy atom. The quantitative estimate of drug-likeness (QED) is 0.557. The first kappa shape index (κ1) is 21.3. The maximum atomic E-state index is 14.1. The lowest BCUT2D eigenvalue weighted by atomic mass is 10.0. The Morgan fingerprint density at radius 3 is 2.87 bits per heavy atom. The first-order chi connectivity index (χ1) is 14.8. The molecule has 4 rings (SSSR count). The SMILES string of the molecule is CCN1C(=O)c2c(O)c(=O)c(C(=O)CCc3ccnc(Cl)c3F)cn2N2CCCC[C@@H]12. The van der Waals surface area contributed by atoms with Gasteiger partial charge in [0, 0.05) is 31.9 Å². The first-order valence-corrected chi connectivity index (χ1v) is 10.6. The van der Waals surface area contributed by atoms with Gasteiger partial charge in [0.1, 0.15) is 6.17 Å². The van der Waals surface area contributed by atoms with E-state index in [1.165, 1.54) is 23.1 Å². The molecule has 0 spiro atoms. The molecule has 2 aliphatic rings. The van der Waals surface area contributed by atoms with Gasteiger partial charge in [0.15, 0.2) is 28.2 Å². The minimum Gasteiger partial charge on any atom is -0.502 e. The van der Waals surface area contributed by atoms with Gasteiger partial charge in [-0.05, 0) is 44.2 Å². The summed E-state index contributed by atoms with van der Waals surface area (Å²) in [5.74, 6) is -2.44. The minimum absolute atomic E-state index is 0.0176. The van der Waals surface area contributed by atoms with Gasteiger partial charge in [-0.2, -0.15) is 0 Å². The Kier molecular flexibility index (Phi) is 5.70. The van der Waals surface area contributed by atoms with Crippen LogP contribution in [0.4, 0.5) is 4.39 Å². The van der Waals surface area contributed by atoms with Crippen molar-refractivity contribution in [2.24, 2.45) is 0 Å². The van der Waals surface area contributed by atoms with Crippen molar-refractivity contribution in [2.75, 3.05) is 18.1 Å². The van der Waals surface area contributed by atoms with E-state index < -0.39 is 28.7 Å². The lowest BCUT2D eigenvalue weighted by Gasteiger charge is -2.48. The van der Waals surface area contributed by atoms with Crippen LogP contribution in [-0.4, -0.2) is 50.6 Å². The third-order valence-corrected chi connectivity index (χ3v) is 6.16. The Balaban J connectivity index is 1.70. The third kappa shape index (κ3) is 3.56. The highest BCUT2D eigenvalue weighted by atomic mass is 35.5. The summed E-state index contributed by atoms with van der Waals surface area (Å²) < 4.78 is 15.5. The Hall–Kier alpha value is -2.94. The van der Waals surface area contributed by atoms with E-state index in [2.05, 4.69) is 4.98 Å². The van der Waals surface area contributed by atoms with Crippen LogP contribution in [0.2, 0.25) is 5.15 Å². The van der Waals surface area contributed by atoms with E-state index in [1.54, 1.807) is 4.90 Å². The zero-order chi connectivity index (χ0) is 22.3. The second-order valence-corrected chi connectivity index (χ2v) is 8.00. The number of nitrogens with zero attached hydrogens (tertiary/aromatic N) is 4. The maximum absolute atomic E-state index is 14.1. The smallest absolute Gasteiger partial charge is 0.278 e. The molecule has 2 aromatic heterocycles. The number of hydrogen-bond acceptors (Lipinski definition) is 6. The summed E-state index contributed by atoms with van der Waals surface area (Å²) in [5.41, 5.74) is -1.05. The van der Waals surface area contributed by atoms with Crippen LogP contribution < -0.4 is 10.4 Å². The van der Waals surface area contributed by atoms with Gasteiger partial charge in [-0.15, -0.1) is 0 Å². The predicted octanol–water partition coefficient (Wildman–Crippen LogP) is 2.48. The molecule has 0 aliphatic carbocycles.